The topological polar surface area (TPSA) is 58.2 Å². The Bertz CT molecular complexity index is 477. The van der Waals surface area contributed by atoms with Gasteiger partial charge >= 0.3 is 0 Å². The van der Waals surface area contributed by atoms with Crippen LogP contribution in [0.3, 0.4) is 0 Å². The van der Waals surface area contributed by atoms with Crippen molar-refractivity contribution in [2.24, 2.45) is 0 Å². The first-order chi connectivity index (χ1) is 8.46. The van der Waals surface area contributed by atoms with Gasteiger partial charge in [-0.2, -0.15) is 0 Å². The number of hydrogen-bond donors (Lipinski definition) is 2. The maximum Gasteiger partial charge on any atom is 0.212 e. The minimum Gasteiger partial charge on any atom is -0.320 e. The summed E-state index contributed by atoms with van der Waals surface area (Å²) in [4.78, 5) is 0. The van der Waals surface area contributed by atoms with Crippen LogP contribution in [0.25, 0.3) is 0 Å². The molecule has 0 radical (unpaired) electrons. The summed E-state index contributed by atoms with van der Waals surface area (Å²) in [5, 5.41) is 3.49. The van der Waals surface area contributed by atoms with Gasteiger partial charge in [0.1, 0.15) is 0 Å². The lowest BCUT2D eigenvalue weighted by atomic mass is 10.1. The Morgan fingerprint density at radius 3 is 2.61 bits per heavy atom. The summed E-state index contributed by atoms with van der Waals surface area (Å²) in [6.45, 7) is 2.47. The molecule has 0 aromatic heterocycles. The Morgan fingerprint density at radius 1 is 1.33 bits per heavy atom. The number of rotatable bonds is 7. The van der Waals surface area contributed by atoms with Gasteiger partial charge in [0.25, 0.3) is 0 Å². The molecular weight excluding hydrogens is 272 g/mol. The van der Waals surface area contributed by atoms with Crippen LogP contribution < -0.4 is 10.0 Å². The van der Waals surface area contributed by atoms with Gasteiger partial charge in [-0.3, -0.25) is 0 Å². The van der Waals surface area contributed by atoms with Crippen molar-refractivity contribution in [2.45, 2.75) is 19.4 Å². The fourth-order valence-electron chi connectivity index (χ4n) is 1.66. The second kappa shape index (κ2) is 7.09. The average molecular weight is 291 g/mol. The Kier molecular flexibility index (Phi) is 6.08. The van der Waals surface area contributed by atoms with Gasteiger partial charge in [-0.15, -0.1) is 0 Å². The molecule has 1 unspecified atom stereocenters. The smallest absolute Gasteiger partial charge is 0.212 e. The van der Waals surface area contributed by atoms with E-state index in [1.165, 1.54) is 0 Å². The van der Waals surface area contributed by atoms with Gasteiger partial charge in [-0.05, 0) is 38.6 Å². The third-order valence-corrected chi connectivity index (χ3v) is 4.45. The van der Waals surface area contributed by atoms with Crippen molar-refractivity contribution >= 4 is 21.6 Å². The summed E-state index contributed by atoms with van der Waals surface area (Å²) in [5.41, 5.74) is 0.788. The monoisotopic (exact) mass is 290 g/mol. The Hall–Kier alpha value is -0.620. The zero-order chi connectivity index (χ0) is 13.6. The minimum absolute atomic E-state index is 0.114. The molecule has 0 aliphatic rings. The van der Waals surface area contributed by atoms with Gasteiger partial charge in [0, 0.05) is 11.1 Å². The van der Waals surface area contributed by atoms with E-state index in [9.17, 15) is 8.42 Å². The highest BCUT2D eigenvalue weighted by atomic mass is 35.5. The van der Waals surface area contributed by atoms with Crippen LogP contribution >= 0.6 is 11.6 Å². The highest BCUT2D eigenvalue weighted by molar-refractivity contribution is 7.89. The molecule has 0 spiro atoms. The van der Waals surface area contributed by atoms with Crippen molar-refractivity contribution in [3.63, 3.8) is 0 Å². The second-order valence-electron chi connectivity index (χ2n) is 4.14. The molecular formula is C12H19ClN2O2S. The molecule has 1 aromatic rings. The fourth-order valence-corrected chi connectivity index (χ4v) is 3.26. The van der Waals surface area contributed by atoms with E-state index in [-0.39, 0.29) is 11.8 Å². The maximum atomic E-state index is 11.8. The molecule has 0 saturated heterocycles. The van der Waals surface area contributed by atoms with Crippen molar-refractivity contribution in [3.8, 4) is 0 Å². The van der Waals surface area contributed by atoms with Gasteiger partial charge in [-0.1, -0.05) is 29.8 Å². The van der Waals surface area contributed by atoms with Crippen LogP contribution in [0.4, 0.5) is 0 Å². The van der Waals surface area contributed by atoms with Crippen LogP contribution in [0.2, 0.25) is 5.02 Å². The molecule has 1 rings (SSSR count). The van der Waals surface area contributed by atoms with Crippen molar-refractivity contribution < 1.29 is 8.42 Å². The van der Waals surface area contributed by atoms with Crippen molar-refractivity contribution in [1.29, 1.82) is 0 Å². The number of nitrogens with one attached hydrogen (secondary N) is 2. The summed E-state index contributed by atoms with van der Waals surface area (Å²) >= 11 is 6.03. The van der Waals surface area contributed by atoms with Gasteiger partial charge < -0.3 is 5.32 Å². The lowest BCUT2D eigenvalue weighted by Crippen LogP contribution is -2.30. The summed E-state index contributed by atoms with van der Waals surface area (Å²) in [6, 6.07) is 6.91. The quantitative estimate of drug-likeness (QED) is 0.755. The number of sulfonamides is 1. The van der Waals surface area contributed by atoms with Crippen LogP contribution in [-0.4, -0.2) is 27.8 Å². The van der Waals surface area contributed by atoms with E-state index in [0.29, 0.717) is 18.0 Å². The Morgan fingerprint density at radius 2 is 2.00 bits per heavy atom. The molecule has 2 N–H and O–H groups in total. The van der Waals surface area contributed by atoms with E-state index < -0.39 is 10.0 Å². The van der Waals surface area contributed by atoms with Crippen LogP contribution in [0.5, 0.6) is 0 Å². The van der Waals surface area contributed by atoms with Crippen molar-refractivity contribution in [1.82, 2.24) is 10.0 Å². The van der Waals surface area contributed by atoms with E-state index in [2.05, 4.69) is 10.0 Å². The standard InChI is InChI=1S/C12H19ClN2O2S/c1-10(11-6-3-4-7-12(11)13)15-18(16,17)9-5-8-14-2/h3-4,6-7,10,14-15H,5,8-9H2,1-2H3. The first kappa shape index (κ1) is 15.4. The summed E-state index contributed by atoms with van der Waals surface area (Å²) in [5.74, 6) is 0.114. The zero-order valence-corrected chi connectivity index (χ0v) is 12.2. The third-order valence-electron chi connectivity index (χ3n) is 2.57. The van der Waals surface area contributed by atoms with Crippen LogP contribution in [0.1, 0.15) is 24.9 Å². The summed E-state index contributed by atoms with van der Waals surface area (Å²) < 4.78 is 26.3. The highest BCUT2D eigenvalue weighted by Gasteiger charge is 2.16. The molecule has 0 heterocycles. The molecule has 0 aliphatic heterocycles. The molecule has 102 valence electrons. The van der Waals surface area contributed by atoms with E-state index in [0.717, 1.165) is 5.56 Å². The predicted molar refractivity (Wildman–Crippen MR) is 75.3 cm³/mol. The first-order valence-electron chi connectivity index (χ1n) is 5.85. The lowest BCUT2D eigenvalue weighted by Gasteiger charge is -2.15. The van der Waals surface area contributed by atoms with E-state index in [4.69, 9.17) is 11.6 Å². The normalized spacial score (nSPS) is 13.5. The predicted octanol–water partition coefficient (Wildman–Crippen LogP) is 1.93. The molecule has 1 atom stereocenters. The molecule has 0 saturated carbocycles. The van der Waals surface area contributed by atoms with Crippen LogP contribution in [0.15, 0.2) is 24.3 Å². The molecule has 1 aromatic carbocycles. The van der Waals surface area contributed by atoms with E-state index in [1.807, 2.05) is 18.2 Å². The number of halogens is 1. The van der Waals surface area contributed by atoms with Crippen LogP contribution in [-0.2, 0) is 10.0 Å². The summed E-state index contributed by atoms with van der Waals surface area (Å²) in [7, 11) is -1.47. The molecule has 18 heavy (non-hydrogen) atoms. The summed E-state index contributed by atoms with van der Waals surface area (Å²) in [6.07, 6.45) is 0.584. The Balaban J connectivity index is 2.64. The largest absolute Gasteiger partial charge is 0.320 e. The second-order valence-corrected chi connectivity index (χ2v) is 6.42. The van der Waals surface area contributed by atoms with Crippen molar-refractivity contribution in [3.05, 3.63) is 34.9 Å². The fraction of sp³-hybridized carbons (Fsp3) is 0.500. The van der Waals surface area contributed by atoms with Gasteiger partial charge in [0.15, 0.2) is 0 Å². The first-order valence-corrected chi connectivity index (χ1v) is 7.88. The number of hydrogen-bond acceptors (Lipinski definition) is 3. The minimum atomic E-state index is -3.27. The van der Waals surface area contributed by atoms with Crippen molar-refractivity contribution in [2.75, 3.05) is 19.3 Å². The highest BCUT2D eigenvalue weighted by Crippen LogP contribution is 2.22. The molecule has 0 fully saturated rings. The van der Waals surface area contributed by atoms with Gasteiger partial charge in [0.2, 0.25) is 10.0 Å². The molecule has 6 heteroatoms. The SMILES string of the molecule is CNCCCS(=O)(=O)NC(C)c1ccccc1Cl. The molecule has 0 amide bonds. The zero-order valence-electron chi connectivity index (χ0n) is 10.6. The maximum absolute atomic E-state index is 11.8. The van der Waals surface area contributed by atoms with Gasteiger partial charge in [-0.25, -0.2) is 13.1 Å². The third kappa shape index (κ3) is 4.94. The molecule has 0 aliphatic carbocycles. The van der Waals surface area contributed by atoms with E-state index >= 15 is 0 Å². The molecule has 4 nitrogen and oxygen atoms in total. The lowest BCUT2D eigenvalue weighted by molar-refractivity contribution is 0.563. The Labute approximate surface area is 114 Å². The van der Waals surface area contributed by atoms with Crippen LogP contribution in [0, 0.1) is 0 Å². The average Bonchev–Trinajstić information content (AvgIpc) is 2.29. The van der Waals surface area contributed by atoms with Gasteiger partial charge in [0.05, 0.1) is 5.75 Å². The number of benzene rings is 1. The van der Waals surface area contributed by atoms with E-state index in [1.54, 1.807) is 20.0 Å². The molecule has 0 bridgehead atoms.